The van der Waals surface area contributed by atoms with E-state index in [1.165, 1.54) is 12.3 Å². The van der Waals surface area contributed by atoms with Crippen molar-refractivity contribution in [2.45, 2.75) is 39.7 Å². The largest absolute Gasteiger partial charge is 0.447 e. The molecule has 0 N–H and O–H groups in total. The van der Waals surface area contributed by atoms with Gasteiger partial charge in [-0.15, -0.1) is 0 Å². The number of alkyl halides is 3. The number of hydrogen-bond donors (Lipinski definition) is 0. The van der Waals surface area contributed by atoms with Crippen LogP contribution in [0.15, 0.2) is 53.1 Å². The minimum absolute atomic E-state index is 0.215. The van der Waals surface area contributed by atoms with Gasteiger partial charge in [-0.2, -0.15) is 13.2 Å². The highest BCUT2D eigenvalue weighted by Crippen LogP contribution is 2.30. The molecule has 1 aromatic heterocycles. The van der Waals surface area contributed by atoms with Crippen molar-refractivity contribution in [3.8, 4) is 0 Å². The van der Waals surface area contributed by atoms with Gasteiger partial charge in [-0.25, -0.2) is 4.98 Å². The number of amides is 1. The van der Waals surface area contributed by atoms with Gasteiger partial charge in [0, 0.05) is 26.2 Å². The summed E-state index contributed by atoms with van der Waals surface area (Å²) in [4.78, 5) is 20.7. The maximum absolute atomic E-state index is 13.2. The first-order valence-corrected chi connectivity index (χ1v) is 11.4. The number of nitrogens with zero attached hydrogens (tertiary/aromatic N) is 3. The molecular weight excluding hydrogens is 459 g/mol. The predicted octanol–water partition coefficient (Wildman–Crippen LogP) is 4.99. The molecule has 1 aliphatic heterocycles. The van der Waals surface area contributed by atoms with E-state index in [0.717, 1.165) is 28.8 Å². The van der Waals surface area contributed by atoms with Crippen molar-refractivity contribution in [1.82, 2.24) is 14.8 Å². The van der Waals surface area contributed by atoms with E-state index in [2.05, 4.69) is 11.1 Å². The molecule has 0 radical (unpaired) electrons. The fourth-order valence-corrected chi connectivity index (χ4v) is 4.14. The van der Waals surface area contributed by atoms with Gasteiger partial charge < -0.3 is 14.1 Å². The lowest BCUT2D eigenvalue weighted by molar-refractivity contribution is -0.137. The summed E-state index contributed by atoms with van der Waals surface area (Å²) >= 11 is 0. The van der Waals surface area contributed by atoms with Gasteiger partial charge >= 0.3 is 6.18 Å². The van der Waals surface area contributed by atoms with Crippen LogP contribution >= 0.6 is 0 Å². The lowest BCUT2D eigenvalue weighted by atomic mass is 10.0. The molecule has 35 heavy (non-hydrogen) atoms. The number of halogens is 3. The topological polar surface area (TPSA) is 58.8 Å². The van der Waals surface area contributed by atoms with E-state index >= 15 is 0 Å². The number of benzene rings is 2. The number of hydrogen-bond acceptors (Lipinski definition) is 5. The standard InChI is InChI=1S/C26H28F3N3O3/c1-18-6-7-21(19(2)12-18)15-31(14-20-4-3-5-22(13-20)26(27,28)29)16-24-30-23(17-35-24)25(33)32-8-10-34-11-9-32/h3-7,12-13,17H,8-11,14-16H2,1-2H3. The Balaban J connectivity index is 1.55. The van der Waals surface area contributed by atoms with Crippen LogP contribution in [0, 0.1) is 13.8 Å². The van der Waals surface area contributed by atoms with Crippen LogP contribution in [-0.2, 0) is 30.5 Å². The first-order valence-electron chi connectivity index (χ1n) is 11.4. The molecule has 0 aliphatic carbocycles. The Morgan fingerprint density at radius 1 is 1.06 bits per heavy atom. The highest BCUT2D eigenvalue weighted by atomic mass is 19.4. The Kier molecular flexibility index (Phi) is 7.57. The summed E-state index contributed by atoms with van der Waals surface area (Å²) in [7, 11) is 0. The zero-order valence-electron chi connectivity index (χ0n) is 19.8. The maximum atomic E-state index is 13.2. The molecule has 0 atom stereocenters. The summed E-state index contributed by atoms with van der Waals surface area (Å²) < 4.78 is 50.6. The van der Waals surface area contributed by atoms with Crippen molar-refractivity contribution >= 4 is 5.91 Å². The second-order valence-corrected chi connectivity index (χ2v) is 8.80. The first kappa shape index (κ1) is 24.9. The Morgan fingerprint density at radius 3 is 2.54 bits per heavy atom. The van der Waals surface area contributed by atoms with Crippen LogP contribution in [0.5, 0.6) is 0 Å². The van der Waals surface area contributed by atoms with E-state index in [0.29, 0.717) is 44.3 Å². The predicted molar refractivity (Wildman–Crippen MR) is 124 cm³/mol. The van der Waals surface area contributed by atoms with E-state index in [1.807, 2.05) is 30.9 Å². The zero-order valence-corrected chi connectivity index (χ0v) is 19.8. The van der Waals surface area contributed by atoms with E-state index in [1.54, 1.807) is 11.0 Å². The van der Waals surface area contributed by atoms with Crippen molar-refractivity contribution in [3.63, 3.8) is 0 Å². The Labute approximate surface area is 202 Å². The minimum atomic E-state index is -4.41. The molecule has 3 aromatic rings. The molecular formula is C26H28F3N3O3. The van der Waals surface area contributed by atoms with Gasteiger partial charge in [0.05, 0.1) is 25.3 Å². The smallest absolute Gasteiger partial charge is 0.416 e. The maximum Gasteiger partial charge on any atom is 0.416 e. The molecule has 0 spiro atoms. The summed E-state index contributed by atoms with van der Waals surface area (Å²) in [6, 6.07) is 11.4. The van der Waals surface area contributed by atoms with Gasteiger partial charge in [-0.1, -0.05) is 42.0 Å². The summed E-state index contributed by atoms with van der Waals surface area (Å²) in [5, 5.41) is 0. The number of aromatic nitrogens is 1. The molecule has 4 rings (SSSR count). The van der Waals surface area contributed by atoms with Crippen molar-refractivity contribution in [1.29, 1.82) is 0 Å². The third kappa shape index (κ3) is 6.49. The summed E-state index contributed by atoms with van der Waals surface area (Å²) in [6.07, 6.45) is -3.07. The zero-order chi connectivity index (χ0) is 25.0. The number of ether oxygens (including phenoxy) is 1. The van der Waals surface area contributed by atoms with Crippen molar-refractivity contribution in [3.05, 3.63) is 88.1 Å². The average molecular weight is 488 g/mol. The molecule has 0 unspecified atom stereocenters. The molecule has 9 heteroatoms. The third-order valence-corrected chi connectivity index (χ3v) is 5.98. The molecule has 1 aliphatic rings. The monoisotopic (exact) mass is 487 g/mol. The van der Waals surface area contributed by atoms with Gasteiger partial charge in [0.1, 0.15) is 6.26 Å². The van der Waals surface area contributed by atoms with E-state index in [4.69, 9.17) is 9.15 Å². The highest BCUT2D eigenvalue weighted by Gasteiger charge is 2.30. The summed E-state index contributed by atoms with van der Waals surface area (Å²) in [5.41, 5.74) is 3.34. The number of carbonyl (C=O) groups is 1. The van der Waals surface area contributed by atoms with Crippen LogP contribution in [0.1, 0.15) is 44.2 Å². The number of oxazole rings is 1. The molecule has 6 nitrogen and oxygen atoms in total. The number of aryl methyl sites for hydroxylation is 2. The van der Waals surface area contributed by atoms with Crippen LogP contribution in [0.25, 0.3) is 0 Å². The van der Waals surface area contributed by atoms with E-state index < -0.39 is 11.7 Å². The Morgan fingerprint density at radius 2 is 1.83 bits per heavy atom. The summed E-state index contributed by atoms with van der Waals surface area (Å²) in [6.45, 7) is 6.95. The Bertz CT molecular complexity index is 1170. The van der Waals surface area contributed by atoms with Crippen molar-refractivity contribution in [2.24, 2.45) is 0 Å². The second-order valence-electron chi connectivity index (χ2n) is 8.80. The Hall–Kier alpha value is -3.17. The lowest BCUT2D eigenvalue weighted by Crippen LogP contribution is -2.40. The van der Waals surface area contributed by atoms with Gasteiger partial charge in [-0.3, -0.25) is 9.69 Å². The molecule has 0 saturated carbocycles. The van der Waals surface area contributed by atoms with Crippen LogP contribution in [-0.4, -0.2) is 47.0 Å². The number of morpholine rings is 1. The molecule has 1 fully saturated rings. The molecule has 2 aromatic carbocycles. The molecule has 1 saturated heterocycles. The molecule has 0 bridgehead atoms. The van der Waals surface area contributed by atoms with Gasteiger partial charge in [0.2, 0.25) is 5.89 Å². The fraction of sp³-hybridized carbons (Fsp3) is 0.385. The highest BCUT2D eigenvalue weighted by molar-refractivity contribution is 5.92. The molecule has 186 valence electrons. The normalized spacial score (nSPS) is 14.5. The van der Waals surface area contributed by atoms with Gasteiger partial charge in [-0.05, 0) is 36.6 Å². The lowest BCUT2D eigenvalue weighted by Gasteiger charge is -2.25. The van der Waals surface area contributed by atoms with Crippen LogP contribution in [0.4, 0.5) is 13.2 Å². The molecule has 2 heterocycles. The van der Waals surface area contributed by atoms with Crippen LogP contribution < -0.4 is 0 Å². The summed E-state index contributed by atoms with van der Waals surface area (Å²) in [5.74, 6) is 0.112. The van der Waals surface area contributed by atoms with Gasteiger partial charge in [0.15, 0.2) is 5.69 Å². The number of rotatable bonds is 7. The van der Waals surface area contributed by atoms with E-state index in [-0.39, 0.29) is 24.7 Å². The third-order valence-electron chi connectivity index (χ3n) is 5.98. The first-order chi connectivity index (χ1) is 16.7. The number of carbonyl (C=O) groups excluding carboxylic acids is 1. The molecule has 1 amide bonds. The average Bonchev–Trinajstić information content (AvgIpc) is 3.29. The van der Waals surface area contributed by atoms with Crippen LogP contribution in [0.2, 0.25) is 0 Å². The quantitative estimate of drug-likeness (QED) is 0.470. The minimum Gasteiger partial charge on any atom is -0.447 e. The van der Waals surface area contributed by atoms with Gasteiger partial charge in [0.25, 0.3) is 5.91 Å². The SMILES string of the molecule is Cc1ccc(CN(Cc2cccc(C(F)(F)F)c2)Cc2nc(C(=O)N3CCOCC3)co2)c(C)c1. The van der Waals surface area contributed by atoms with E-state index in [9.17, 15) is 18.0 Å². The van der Waals surface area contributed by atoms with Crippen molar-refractivity contribution in [2.75, 3.05) is 26.3 Å². The van der Waals surface area contributed by atoms with Crippen molar-refractivity contribution < 1.29 is 27.1 Å². The second kappa shape index (κ2) is 10.6. The van der Waals surface area contributed by atoms with Crippen LogP contribution in [0.3, 0.4) is 0 Å². The fourth-order valence-electron chi connectivity index (χ4n) is 4.14.